The van der Waals surface area contributed by atoms with Crippen LogP contribution < -0.4 is 0 Å². The molecule has 0 unspecified atom stereocenters. The fourth-order valence-corrected chi connectivity index (χ4v) is 0.333. The molecule has 0 saturated carbocycles. The first kappa shape index (κ1) is 15.7. The van der Waals surface area contributed by atoms with Crippen molar-refractivity contribution in [2.45, 2.75) is 26.6 Å². The molecule has 0 saturated heterocycles. The Kier molecular flexibility index (Phi) is 19.7. The van der Waals surface area contributed by atoms with Crippen LogP contribution >= 0.6 is 0 Å². The fourth-order valence-electron chi connectivity index (χ4n) is 0.333. The topological polar surface area (TPSA) is 63.0 Å². The molecule has 0 rings (SSSR count). The fraction of sp³-hybridized carbons (Fsp3) is 1.00. The minimum Gasteiger partial charge on any atom is -0.412 e. The SMILES string of the molecule is O.O.[B]CCC(C)C. The van der Waals surface area contributed by atoms with Gasteiger partial charge in [-0.2, -0.15) is 0 Å². The van der Waals surface area contributed by atoms with E-state index in [2.05, 4.69) is 13.8 Å². The van der Waals surface area contributed by atoms with Crippen LogP contribution in [0.5, 0.6) is 0 Å². The lowest BCUT2D eigenvalue weighted by atomic mass is 9.96. The van der Waals surface area contributed by atoms with Crippen molar-refractivity contribution in [3.05, 3.63) is 0 Å². The van der Waals surface area contributed by atoms with Gasteiger partial charge in [0.15, 0.2) is 0 Å². The molecule has 0 atom stereocenters. The molecule has 0 spiro atoms. The highest BCUT2D eigenvalue weighted by Crippen LogP contribution is 1.99. The zero-order chi connectivity index (χ0) is 4.99. The highest BCUT2D eigenvalue weighted by Gasteiger charge is 1.85. The van der Waals surface area contributed by atoms with Gasteiger partial charge in [-0.15, -0.1) is 0 Å². The summed E-state index contributed by atoms with van der Waals surface area (Å²) >= 11 is 0. The Morgan fingerprint density at radius 2 is 1.62 bits per heavy atom. The number of hydrogen-bond acceptors (Lipinski definition) is 0. The third-order valence-electron chi connectivity index (χ3n) is 0.744. The van der Waals surface area contributed by atoms with Crippen molar-refractivity contribution in [1.29, 1.82) is 0 Å². The van der Waals surface area contributed by atoms with Gasteiger partial charge < -0.3 is 11.0 Å². The zero-order valence-electron chi connectivity index (χ0n) is 5.57. The second kappa shape index (κ2) is 10.1. The number of rotatable bonds is 2. The molecule has 4 N–H and O–H groups in total. The maximum Gasteiger partial charge on any atom is 0.0653 e. The van der Waals surface area contributed by atoms with E-state index in [0.29, 0.717) is 0 Å². The summed E-state index contributed by atoms with van der Waals surface area (Å²) < 4.78 is 0. The molecular formula is C5H15BO2. The Bertz CT molecular complexity index is 31.6. The van der Waals surface area contributed by atoms with Crippen LogP contribution in [0.4, 0.5) is 0 Å². The van der Waals surface area contributed by atoms with E-state index in [1.807, 2.05) is 0 Å². The Labute approximate surface area is 52.3 Å². The van der Waals surface area contributed by atoms with E-state index in [1.54, 1.807) is 0 Å². The molecule has 2 nitrogen and oxygen atoms in total. The van der Waals surface area contributed by atoms with E-state index >= 15 is 0 Å². The molecule has 0 amide bonds. The van der Waals surface area contributed by atoms with Crippen LogP contribution in [0.25, 0.3) is 0 Å². The molecule has 3 heteroatoms. The molecule has 0 aliphatic carbocycles. The normalized spacial score (nSPS) is 7.38. The lowest BCUT2D eigenvalue weighted by Gasteiger charge is -1.96. The summed E-state index contributed by atoms with van der Waals surface area (Å²) in [4.78, 5) is 0. The molecule has 0 bridgehead atoms. The summed E-state index contributed by atoms with van der Waals surface area (Å²) in [6.45, 7) is 4.35. The highest BCUT2D eigenvalue weighted by molar-refractivity contribution is 6.08. The summed E-state index contributed by atoms with van der Waals surface area (Å²) in [5.74, 6) is 0.773. The van der Waals surface area contributed by atoms with E-state index in [4.69, 9.17) is 7.85 Å². The van der Waals surface area contributed by atoms with Crippen LogP contribution in [-0.2, 0) is 0 Å². The van der Waals surface area contributed by atoms with E-state index in [1.165, 1.54) is 0 Å². The molecule has 0 aromatic rings. The third-order valence-corrected chi connectivity index (χ3v) is 0.744. The highest BCUT2D eigenvalue weighted by atomic mass is 16.0. The average molecular weight is 118 g/mol. The summed E-state index contributed by atoms with van der Waals surface area (Å²) in [6, 6.07) is 0. The Morgan fingerprint density at radius 3 is 1.62 bits per heavy atom. The monoisotopic (exact) mass is 118 g/mol. The van der Waals surface area contributed by atoms with Crippen molar-refractivity contribution >= 4 is 7.85 Å². The van der Waals surface area contributed by atoms with Crippen molar-refractivity contribution in [3.8, 4) is 0 Å². The van der Waals surface area contributed by atoms with Crippen LogP contribution in [0.1, 0.15) is 20.3 Å². The standard InChI is InChI=1S/C5H11B.2H2O/c1-5(2)3-4-6;;/h5H,3-4H2,1-2H3;2*1H2. The summed E-state index contributed by atoms with van der Waals surface area (Å²) in [5.41, 5.74) is 0. The van der Waals surface area contributed by atoms with Crippen molar-refractivity contribution < 1.29 is 11.0 Å². The van der Waals surface area contributed by atoms with Gasteiger partial charge in [0, 0.05) is 0 Å². The second-order valence-electron chi connectivity index (χ2n) is 1.97. The third kappa shape index (κ3) is 16.7. The Hall–Kier alpha value is -0.0151. The van der Waals surface area contributed by atoms with Gasteiger partial charge >= 0.3 is 0 Å². The van der Waals surface area contributed by atoms with Gasteiger partial charge in [-0.1, -0.05) is 26.6 Å². The van der Waals surface area contributed by atoms with Gasteiger partial charge in [0.1, 0.15) is 0 Å². The van der Waals surface area contributed by atoms with Crippen LogP contribution in [0, 0.1) is 5.92 Å². The van der Waals surface area contributed by atoms with Gasteiger partial charge in [0.25, 0.3) is 0 Å². The van der Waals surface area contributed by atoms with Crippen LogP contribution in [0.3, 0.4) is 0 Å². The van der Waals surface area contributed by atoms with Gasteiger partial charge in [0.05, 0.1) is 7.85 Å². The van der Waals surface area contributed by atoms with Crippen molar-refractivity contribution in [2.24, 2.45) is 5.92 Å². The van der Waals surface area contributed by atoms with Crippen LogP contribution in [-0.4, -0.2) is 18.8 Å². The first-order chi connectivity index (χ1) is 2.77. The molecule has 0 aromatic heterocycles. The Balaban J connectivity index is -0.000000125. The van der Waals surface area contributed by atoms with Gasteiger partial charge in [0.2, 0.25) is 0 Å². The van der Waals surface area contributed by atoms with Crippen LogP contribution in [0.15, 0.2) is 0 Å². The largest absolute Gasteiger partial charge is 0.412 e. The van der Waals surface area contributed by atoms with Crippen molar-refractivity contribution in [3.63, 3.8) is 0 Å². The van der Waals surface area contributed by atoms with Gasteiger partial charge in [-0.25, -0.2) is 0 Å². The second-order valence-corrected chi connectivity index (χ2v) is 1.97. The molecular weight excluding hydrogens is 103 g/mol. The zero-order valence-corrected chi connectivity index (χ0v) is 5.57. The van der Waals surface area contributed by atoms with E-state index in [-0.39, 0.29) is 11.0 Å². The predicted molar refractivity (Wildman–Crippen MR) is 37.2 cm³/mol. The average Bonchev–Trinajstić information content (AvgIpc) is 1.35. The lowest BCUT2D eigenvalue weighted by molar-refractivity contribution is 0.626. The smallest absolute Gasteiger partial charge is 0.0653 e. The summed E-state index contributed by atoms with van der Waals surface area (Å²) in [6.07, 6.45) is 1.98. The maximum absolute atomic E-state index is 5.23. The molecule has 0 aliphatic rings. The van der Waals surface area contributed by atoms with Crippen molar-refractivity contribution in [1.82, 2.24) is 0 Å². The minimum atomic E-state index is 0. The van der Waals surface area contributed by atoms with Gasteiger partial charge in [-0.05, 0) is 5.92 Å². The molecule has 8 heavy (non-hydrogen) atoms. The predicted octanol–water partition coefficient (Wildman–Crippen LogP) is -0.0301. The van der Waals surface area contributed by atoms with E-state index < -0.39 is 0 Å². The molecule has 0 aliphatic heterocycles. The van der Waals surface area contributed by atoms with E-state index in [0.717, 1.165) is 18.7 Å². The molecule has 0 fully saturated rings. The summed E-state index contributed by atoms with van der Waals surface area (Å²) in [7, 11) is 5.23. The molecule has 2 radical (unpaired) electrons. The number of hydrogen-bond donors (Lipinski definition) is 0. The van der Waals surface area contributed by atoms with Crippen LogP contribution in [0.2, 0.25) is 6.32 Å². The maximum atomic E-state index is 5.23. The van der Waals surface area contributed by atoms with Gasteiger partial charge in [-0.3, -0.25) is 0 Å². The quantitative estimate of drug-likeness (QED) is 0.457. The van der Waals surface area contributed by atoms with E-state index in [9.17, 15) is 0 Å². The first-order valence-corrected chi connectivity index (χ1v) is 2.47. The lowest BCUT2D eigenvalue weighted by Crippen LogP contribution is -1.83. The molecule has 0 heterocycles. The minimum absolute atomic E-state index is 0. The van der Waals surface area contributed by atoms with Crippen molar-refractivity contribution in [2.75, 3.05) is 0 Å². The first-order valence-electron chi connectivity index (χ1n) is 2.47. The Morgan fingerprint density at radius 1 is 1.25 bits per heavy atom. The summed E-state index contributed by atoms with van der Waals surface area (Å²) in [5, 5.41) is 0. The molecule has 0 aromatic carbocycles. The molecule has 50 valence electrons.